The fourth-order valence-corrected chi connectivity index (χ4v) is 2.70. The molecule has 0 aliphatic heterocycles. The van der Waals surface area contributed by atoms with Gasteiger partial charge in [0.05, 0.1) is 17.8 Å². The van der Waals surface area contributed by atoms with E-state index >= 15 is 0 Å². The van der Waals surface area contributed by atoms with Crippen molar-refractivity contribution in [2.75, 3.05) is 0 Å². The molecule has 1 fully saturated rings. The molecule has 3 aromatic rings. The van der Waals surface area contributed by atoms with E-state index in [2.05, 4.69) is 15.0 Å². The Labute approximate surface area is 142 Å². The quantitative estimate of drug-likeness (QED) is 0.728. The summed E-state index contributed by atoms with van der Waals surface area (Å²) in [7, 11) is 0. The molecule has 6 nitrogen and oxygen atoms in total. The molecule has 7 heteroatoms. The number of hydrogen-bond donors (Lipinski definition) is 1. The van der Waals surface area contributed by atoms with E-state index in [0.717, 1.165) is 32.3 Å². The van der Waals surface area contributed by atoms with Crippen molar-refractivity contribution in [2.45, 2.75) is 19.5 Å². The van der Waals surface area contributed by atoms with Gasteiger partial charge in [0, 0.05) is 34.9 Å². The predicted molar refractivity (Wildman–Crippen MR) is 88.5 cm³/mol. The van der Waals surface area contributed by atoms with E-state index in [0.29, 0.717) is 0 Å². The summed E-state index contributed by atoms with van der Waals surface area (Å²) in [6.07, 6.45) is 5.65. The fraction of sp³-hybridized carbons (Fsp3) is 0.222. The van der Waals surface area contributed by atoms with Crippen LogP contribution in [0, 0.1) is 12.8 Å². The maximum Gasteiger partial charge on any atom is 0.253 e. The Kier molecular flexibility index (Phi) is 3.56. The van der Waals surface area contributed by atoms with E-state index in [9.17, 15) is 14.4 Å². The molecule has 1 N–H and O–H groups in total. The topological polar surface area (TPSA) is 80.4 Å². The summed E-state index contributed by atoms with van der Waals surface area (Å²) in [4.78, 5) is 24.2. The lowest BCUT2D eigenvalue weighted by molar-refractivity contribution is -0.119. The van der Waals surface area contributed by atoms with Gasteiger partial charge in [-0.25, -0.2) is 4.39 Å². The molecule has 1 aliphatic carbocycles. The van der Waals surface area contributed by atoms with Crippen LogP contribution in [-0.2, 0) is 4.79 Å². The summed E-state index contributed by atoms with van der Waals surface area (Å²) in [6, 6.07) is 5.28. The second kappa shape index (κ2) is 5.77. The Hall–Kier alpha value is -3.09. The lowest BCUT2D eigenvalue weighted by Gasteiger charge is -2.07. The van der Waals surface area contributed by atoms with Crippen molar-refractivity contribution in [3.05, 3.63) is 54.0 Å². The van der Waals surface area contributed by atoms with Crippen LogP contribution in [0.15, 0.2) is 48.0 Å². The Balaban J connectivity index is 1.78. The highest BCUT2D eigenvalue weighted by atomic mass is 19.1. The van der Waals surface area contributed by atoms with Gasteiger partial charge in [0.1, 0.15) is 6.17 Å². The van der Waals surface area contributed by atoms with E-state index in [4.69, 9.17) is 0 Å². The van der Waals surface area contributed by atoms with Gasteiger partial charge in [-0.3, -0.25) is 14.8 Å². The number of halogens is 1. The lowest BCUT2D eigenvalue weighted by Crippen LogP contribution is -2.20. The highest BCUT2D eigenvalue weighted by molar-refractivity contribution is 5.86. The molecule has 3 heterocycles. The van der Waals surface area contributed by atoms with E-state index in [-0.39, 0.29) is 11.9 Å². The molecule has 25 heavy (non-hydrogen) atoms. The predicted octanol–water partition coefficient (Wildman–Crippen LogP) is 2.43. The Morgan fingerprint density at radius 3 is 2.88 bits per heavy atom. The van der Waals surface area contributed by atoms with Crippen molar-refractivity contribution in [2.24, 2.45) is 10.9 Å². The van der Waals surface area contributed by atoms with Crippen molar-refractivity contribution >= 4 is 16.7 Å². The molecule has 0 aromatic carbocycles. The summed E-state index contributed by atoms with van der Waals surface area (Å²) in [5, 5.41) is 11.5. The average Bonchev–Trinajstić information content (AvgIpc) is 3.32. The van der Waals surface area contributed by atoms with Crippen LogP contribution in [0.4, 0.5) is 4.39 Å². The summed E-state index contributed by atoms with van der Waals surface area (Å²) in [6.45, 7) is 1.97. The monoisotopic (exact) mass is 338 g/mol. The van der Waals surface area contributed by atoms with Gasteiger partial charge in [-0.15, -0.1) is 0 Å². The van der Waals surface area contributed by atoms with E-state index in [1.54, 1.807) is 24.7 Å². The third-order valence-electron chi connectivity index (χ3n) is 4.32. The molecule has 0 bridgehead atoms. The molecule has 1 saturated carbocycles. The molecule has 0 radical (unpaired) electrons. The van der Waals surface area contributed by atoms with E-state index in [1.165, 1.54) is 6.20 Å². The van der Waals surface area contributed by atoms with Crippen LogP contribution in [0.5, 0.6) is 0 Å². The Bertz CT molecular complexity index is 1060. The van der Waals surface area contributed by atoms with Gasteiger partial charge >= 0.3 is 0 Å². The second-order valence-corrected chi connectivity index (χ2v) is 6.17. The SMILES string of the molecule is Cc1ccncc1-c1cc2cn(O)c(=NC(=O)[C@@H]3C[C@@H]3F)cc2cn1. The van der Waals surface area contributed by atoms with Crippen molar-refractivity contribution in [1.82, 2.24) is 14.7 Å². The zero-order valence-corrected chi connectivity index (χ0v) is 13.4. The number of rotatable bonds is 2. The zero-order chi connectivity index (χ0) is 17.6. The van der Waals surface area contributed by atoms with E-state index < -0.39 is 18.0 Å². The molecule has 1 aliphatic rings. The van der Waals surface area contributed by atoms with Crippen molar-refractivity contribution in [3.63, 3.8) is 0 Å². The normalized spacial score (nSPS) is 20.0. The number of alkyl halides is 1. The first-order valence-corrected chi connectivity index (χ1v) is 7.88. The molecule has 0 saturated heterocycles. The maximum atomic E-state index is 13.0. The number of nitrogens with zero attached hydrogens (tertiary/aromatic N) is 4. The molecule has 4 rings (SSSR count). The highest BCUT2D eigenvalue weighted by Crippen LogP contribution is 2.34. The lowest BCUT2D eigenvalue weighted by atomic mass is 10.1. The van der Waals surface area contributed by atoms with Crippen LogP contribution in [0.25, 0.3) is 22.0 Å². The first kappa shape index (κ1) is 15.4. The van der Waals surface area contributed by atoms with Crippen LogP contribution in [0.1, 0.15) is 12.0 Å². The van der Waals surface area contributed by atoms with Crippen molar-refractivity contribution < 1.29 is 14.4 Å². The molecule has 0 spiro atoms. The van der Waals surface area contributed by atoms with Gasteiger partial charge in [-0.1, -0.05) is 0 Å². The van der Waals surface area contributed by atoms with Crippen LogP contribution in [0.2, 0.25) is 0 Å². The molecule has 0 unspecified atom stereocenters. The minimum Gasteiger partial charge on any atom is -0.427 e. The number of aryl methyl sites for hydroxylation is 1. The van der Waals surface area contributed by atoms with Gasteiger partial charge in [-0.05, 0) is 37.1 Å². The smallest absolute Gasteiger partial charge is 0.253 e. The van der Waals surface area contributed by atoms with Gasteiger partial charge in [0.25, 0.3) is 5.91 Å². The van der Waals surface area contributed by atoms with Gasteiger partial charge < -0.3 is 5.21 Å². The minimum atomic E-state index is -1.12. The third kappa shape index (κ3) is 2.88. The molecule has 1 amide bonds. The molecular weight excluding hydrogens is 323 g/mol. The van der Waals surface area contributed by atoms with Crippen LogP contribution in [0.3, 0.4) is 0 Å². The minimum absolute atomic E-state index is 0.0590. The first-order chi connectivity index (χ1) is 12.0. The van der Waals surface area contributed by atoms with Crippen molar-refractivity contribution in [3.8, 4) is 11.3 Å². The standard InChI is InChI=1S/C18H15FN4O2/c1-10-2-3-20-8-14(10)16-4-12-9-23(25)17(5-11(12)7-21-16)22-18(24)13-6-15(13)19/h2-5,7-9,13,15,25H,6H2,1H3/t13-,15+/m1/s1. The summed E-state index contributed by atoms with van der Waals surface area (Å²) < 4.78 is 13.7. The average molecular weight is 338 g/mol. The second-order valence-electron chi connectivity index (χ2n) is 6.17. The van der Waals surface area contributed by atoms with Gasteiger partial charge in [0.15, 0.2) is 5.49 Å². The van der Waals surface area contributed by atoms with E-state index in [1.807, 2.05) is 19.1 Å². The highest BCUT2D eigenvalue weighted by Gasteiger charge is 2.43. The number of fused-ring (bicyclic) bond motifs is 1. The number of amides is 1. The largest absolute Gasteiger partial charge is 0.427 e. The maximum absolute atomic E-state index is 13.0. The van der Waals surface area contributed by atoms with Gasteiger partial charge in [-0.2, -0.15) is 9.72 Å². The summed E-state index contributed by atoms with van der Waals surface area (Å²) in [5.41, 5.74) is 2.74. The first-order valence-electron chi connectivity index (χ1n) is 7.88. The number of pyridine rings is 3. The fourth-order valence-electron chi connectivity index (χ4n) is 2.70. The van der Waals surface area contributed by atoms with Crippen LogP contribution in [-0.4, -0.2) is 32.0 Å². The molecule has 3 aromatic heterocycles. The number of carbonyl (C=O) groups excluding carboxylic acids is 1. The zero-order valence-electron chi connectivity index (χ0n) is 13.4. The molecule has 126 valence electrons. The van der Waals surface area contributed by atoms with Crippen LogP contribution >= 0.6 is 0 Å². The van der Waals surface area contributed by atoms with Crippen LogP contribution < -0.4 is 5.49 Å². The molecule has 2 atom stereocenters. The Morgan fingerprint density at radius 1 is 1.36 bits per heavy atom. The summed E-state index contributed by atoms with van der Waals surface area (Å²) >= 11 is 0. The number of hydrogen-bond acceptors (Lipinski definition) is 4. The molecular formula is C18H15FN4O2. The number of aromatic nitrogens is 3. The van der Waals surface area contributed by atoms with Crippen molar-refractivity contribution in [1.29, 1.82) is 0 Å². The Morgan fingerprint density at radius 2 is 2.16 bits per heavy atom. The van der Waals surface area contributed by atoms with Gasteiger partial charge in [0.2, 0.25) is 0 Å². The summed E-state index contributed by atoms with van der Waals surface area (Å²) in [5.74, 6) is -1.23. The third-order valence-corrected chi connectivity index (χ3v) is 4.32. The number of carbonyl (C=O) groups is 1.